The number of rotatable bonds is 8. The van der Waals surface area contributed by atoms with E-state index in [-0.39, 0.29) is 12.5 Å². The van der Waals surface area contributed by atoms with E-state index in [9.17, 15) is 4.79 Å². The molecule has 1 N–H and O–H groups in total. The molecule has 31 heavy (non-hydrogen) atoms. The Bertz CT molecular complexity index is 1210. The van der Waals surface area contributed by atoms with E-state index in [1.165, 1.54) is 7.11 Å². The molecule has 0 saturated heterocycles. The highest BCUT2D eigenvalue weighted by atomic mass is 16.5. The monoisotopic (exact) mass is 419 g/mol. The molecule has 2 heterocycles. The maximum absolute atomic E-state index is 12.3. The largest absolute Gasteiger partial charge is 0.496 e. The highest BCUT2D eigenvalue weighted by Gasteiger charge is 2.15. The molecule has 0 aliphatic carbocycles. The number of hydrogen-bond acceptors (Lipinski definition) is 7. The van der Waals surface area contributed by atoms with Gasteiger partial charge in [-0.2, -0.15) is 4.52 Å². The van der Waals surface area contributed by atoms with Gasteiger partial charge in [-0.1, -0.05) is 24.3 Å². The van der Waals surface area contributed by atoms with Gasteiger partial charge in [-0.3, -0.25) is 4.79 Å². The SMILES string of the molecule is COc1ccccc1C(=O)NCCOc1ccc2nnc(-c3ccccc3OC)n2n1. The summed E-state index contributed by atoms with van der Waals surface area (Å²) in [6.07, 6.45) is 0. The summed E-state index contributed by atoms with van der Waals surface area (Å²) in [5.41, 5.74) is 1.82. The summed E-state index contributed by atoms with van der Waals surface area (Å²) in [5.74, 6) is 1.88. The molecule has 0 bridgehead atoms. The fraction of sp³-hybridized carbons (Fsp3) is 0.182. The molecule has 158 valence electrons. The molecule has 9 heteroatoms. The van der Waals surface area contributed by atoms with Crippen LogP contribution < -0.4 is 19.5 Å². The molecule has 0 aliphatic heterocycles. The smallest absolute Gasteiger partial charge is 0.255 e. The minimum absolute atomic E-state index is 0.235. The lowest BCUT2D eigenvalue weighted by Crippen LogP contribution is -2.28. The zero-order chi connectivity index (χ0) is 21.6. The van der Waals surface area contributed by atoms with Crippen molar-refractivity contribution >= 4 is 11.6 Å². The van der Waals surface area contributed by atoms with Gasteiger partial charge in [0, 0.05) is 6.07 Å². The second kappa shape index (κ2) is 9.12. The lowest BCUT2D eigenvalue weighted by Gasteiger charge is -2.10. The van der Waals surface area contributed by atoms with Crippen molar-refractivity contribution in [1.82, 2.24) is 25.1 Å². The zero-order valence-corrected chi connectivity index (χ0v) is 17.1. The molecule has 4 aromatic rings. The van der Waals surface area contributed by atoms with E-state index >= 15 is 0 Å². The van der Waals surface area contributed by atoms with Gasteiger partial charge in [0.2, 0.25) is 5.88 Å². The number of benzene rings is 2. The van der Waals surface area contributed by atoms with Crippen molar-refractivity contribution in [3.63, 3.8) is 0 Å². The normalized spacial score (nSPS) is 10.6. The number of ether oxygens (including phenoxy) is 3. The van der Waals surface area contributed by atoms with Crippen molar-refractivity contribution in [2.45, 2.75) is 0 Å². The van der Waals surface area contributed by atoms with Crippen LogP contribution in [0.5, 0.6) is 17.4 Å². The molecule has 0 saturated carbocycles. The van der Waals surface area contributed by atoms with Gasteiger partial charge in [0.05, 0.1) is 31.9 Å². The molecule has 0 aliphatic rings. The minimum Gasteiger partial charge on any atom is -0.496 e. The van der Waals surface area contributed by atoms with Crippen LogP contribution in [0.4, 0.5) is 0 Å². The van der Waals surface area contributed by atoms with E-state index in [1.54, 1.807) is 42.0 Å². The molecule has 4 rings (SSSR count). The lowest BCUT2D eigenvalue weighted by atomic mass is 10.2. The molecule has 0 atom stereocenters. The third kappa shape index (κ3) is 4.25. The van der Waals surface area contributed by atoms with E-state index in [0.717, 1.165) is 5.56 Å². The number of nitrogens with zero attached hydrogens (tertiary/aromatic N) is 4. The van der Waals surface area contributed by atoms with Crippen LogP contribution in [0.3, 0.4) is 0 Å². The molecule has 1 amide bonds. The van der Waals surface area contributed by atoms with Crippen molar-refractivity contribution in [3.05, 3.63) is 66.2 Å². The summed E-state index contributed by atoms with van der Waals surface area (Å²) >= 11 is 0. The van der Waals surface area contributed by atoms with Crippen molar-refractivity contribution in [2.24, 2.45) is 0 Å². The topological polar surface area (TPSA) is 99.9 Å². The highest BCUT2D eigenvalue weighted by Crippen LogP contribution is 2.28. The molecule has 0 radical (unpaired) electrons. The van der Waals surface area contributed by atoms with Crippen molar-refractivity contribution in [2.75, 3.05) is 27.4 Å². The van der Waals surface area contributed by atoms with Gasteiger partial charge in [0.15, 0.2) is 11.5 Å². The van der Waals surface area contributed by atoms with Gasteiger partial charge >= 0.3 is 0 Å². The van der Waals surface area contributed by atoms with Gasteiger partial charge < -0.3 is 19.5 Å². The Kier molecular flexibility index (Phi) is 5.93. The Morgan fingerprint density at radius 3 is 2.48 bits per heavy atom. The van der Waals surface area contributed by atoms with E-state index in [1.807, 2.05) is 30.3 Å². The Balaban J connectivity index is 1.43. The summed E-state index contributed by atoms with van der Waals surface area (Å²) in [4.78, 5) is 12.3. The van der Waals surface area contributed by atoms with Crippen LogP contribution in [-0.2, 0) is 0 Å². The summed E-state index contributed by atoms with van der Waals surface area (Å²) in [5, 5.41) is 15.7. The number of nitrogens with one attached hydrogen (secondary N) is 1. The fourth-order valence-corrected chi connectivity index (χ4v) is 3.09. The van der Waals surface area contributed by atoms with E-state index in [0.29, 0.717) is 41.0 Å². The molecule has 0 unspecified atom stereocenters. The predicted molar refractivity (Wildman–Crippen MR) is 114 cm³/mol. The predicted octanol–water partition coefficient (Wildman–Crippen LogP) is 2.62. The maximum atomic E-state index is 12.3. The Morgan fingerprint density at radius 2 is 1.68 bits per heavy atom. The molecule has 2 aromatic carbocycles. The second-order valence-electron chi connectivity index (χ2n) is 6.47. The van der Waals surface area contributed by atoms with Gasteiger partial charge in [0.1, 0.15) is 18.1 Å². The molecule has 0 fully saturated rings. The first-order chi connectivity index (χ1) is 15.2. The molecule has 2 aromatic heterocycles. The highest BCUT2D eigenvalue weighted by molar-refractivity contribution is 5.96. The number of carbonyl (C=O) groups is 1. The summed E-state index contributed by atoms with van der Waals surface area (Å²) in [6, 6.07) is 18.0. The number of carbonyl (C=O) groups excluding carboxylic acids is 1. The summed E-state index contributed by atoms with van der Waals surface area (Å²) in [7, 11) is 3.13. The van der Waals surface area contributed by atoms with Gasteiger partial charge in [-0.25, -0.2) is 0 Å². The van der Waals surface area contributed by atoms with E-state index < -0.39 is 0 Å². The average molecular weight is 419 g/mol. The molecule has 9 nitrogen and oxygen atoms in total. The molecule has 0 spiro atoms. The molecular weight excluding hydrogens is 398 g/mol. The first-order valence-electron chi connectivity index (χ1n) is 9.61. The van der Waals surface area contributed by atoms with Crippen LogP contribution in [0.2, 0.25) is 0 Å². The maximum Gasteiger partial charge on any atom is 0.255 e. The number of aromatic nitrogens is 4. The quantitative estimate of drug-likeness (QED) is 0.438. The number of methoxy groups -OCH3 is 2. The van der Waals surface area contributed by atoms with Gasteiger partial charge in [0.25, 0.3) is 5.91 Å². The number of amides is 1. The lowest BCUT2D eigenvalue weighted by molar-refractivity contribution is 0.0943. The van der Waals surface area contributed by atoms with Crippen molar-refractivity contribution < 1.29 is 19.0 Å². The van der Waals surface area contributed by atoms with Crippen LogP contribution in [0, 0.1) is 0 Å². The third-order valence-electron chi connectivity index (χ3n) is 4.58. The van der Waals surface area contributed by atoms with Crippen molar-refractivity contribution in [1.29, 1.82) is 0 Å². The second-order valence-corrected chi connectivity index (χ2v) is 6.47. The van der Waals surface area contributed by atoms with Gasteiger partial charge in [-0.15, -0.1) is 15.3 Å². The van der Waals surface area contributed by atoms with Crippen LogP contribution in [0.25, 0.3) is 17.0 Å². The number of fused-ring (bicyclic) bond motifs is 1. The van der Waals surface area contributed by atoms with Crippen LogP contribution in [0.1, 0.15) is 10.4 Å². The van der Waals surface area contributed by atoms with Crippen LogP contribution in [0.15, 0.2) is 60.7 Å². The summed E-state index contributed by atoms with van der Waals surface area (Å²) < 4.78 is 17.9. The number of para-hydroxylation sites is 2. The number of hydrogen-bond donors (Lipinski definition) is 1. The minimum atomic E-state index is -0.235. The Labute approximate surface area is 178 Å². The average Bonchev–Trinajstić information content (AvgIpc) is 3.24. The van der Waals surface area contributed by atoms with Gasteiger partial charge in [-0.05, 0) is 30.3 Å². The Hall–Kier alpha value is -4.14. The first kappa shape index (κ1) is 20.1. The van der Waals surface area contributed by atoms with Crippen LogP contribution in [-0.4, -0.2) is 53.1 Å². The summed E-state index contributed by atoms with van der Waals surface area (Å²) in [6.45, 7) is 0.545. The van der Waals surface area contributed by atoms with Crippen LogP contribution >= 0.6 is 0 Å². The molecular formula is C22H21N5O4. The van der Waals surface area contributed by atoms with E-state index in [2.05, 4.69) is 20.6 Å². The third-order valence-corrected chi connectivity index (χ3v) is 4.58. The van der Waals surface area contributed by atoms with Crippen molar-refractivity contribution in [3.8, 4) is 28.8 Å². The van der Waals surface area contributed by atoms with E-state index in [4.69, 9.17) is 14.2 Å². The zero-order valence-electron chi connectivity index (χ0n) is 17.1. The first-order valence-corrected chi connectivity index (χ1v) is 9.61. The Morgan fingerprint density at radius 1 is 0.935 bits per heavy atom. The fourth-order valence-electron chi connectivity index (χ4n) is 3.09. The standard InChI is InChI=1S/C22H21N5O4/c1-29-17-9-5-3-7-15(17)21-25-24-19-11-12-20(26-27(19)21)31-14-13-23-22(28)16-8-4-6-10-18(16)30-2/h3-12H,13-14H2,1-2H3,(H,23,28).